The third-order valence-electron chi connectivity index (χ3n) is 4.51. The number of carbonyl (C=O) groups is 1. The fourth-order valence-corrected chi connectivity index (χ4v) is 4.10. The van der Waals surface area contributed by atoms with Crippen LogP contribution in [0.15, 0.2) is 59.4 Å². The van der Waals surface area contributed by atoms with Crippen molar-refractivity contribution in [2.24, 2.45) is 7.05 Å². The van der Waals surface area contributed by atoms with Crippen LogP contribution < -0.4 is 10.9 Å². The molecule has 1 aromatic heterocycles. The van der Waals surface area contributed by atoms with Gasteiger partial charge < -0.3 is 5.32 Å². The van der Waals surface area contributed by atoms with E-state index in [4.69, 9.17) is 11.6 Å². The minimum atomic E-state index is -0.233. The number of amides is 1. The maximum atomic E-state index is 12.8. The monoisotopic (exact) mass is 415 g/mol. The summed E-state index contributed by atoms with van der Waals surface area (Å²) in [7, 11) is 1.80. The summed E-state index contributed by atoms with van der Waals surface area (Å²) in [4.78, 5) is 25.2. The van der Waals surface area contributed by atoms with E-state index < -0.39 is 0 Å². The van der Waals surface area contributed by atoms with Crippen LogP contribution in [0.3, 0.4) is 0 Å². The predicted octanol–water partition coefficient (Wildman–Crippen LogP) is 4.40. The maximum absolute atomic E-state index is 12.8. The number of rotatable bonds is 7. The molecule has 0 radical (unpaired) electrons. The Morgan fingerprint density at radius 2 is 1.79 bits per heavy atom. The van der Waals surface area contributed by atoms with Crippen molar-refractivity contribution in [3.05, 3.63) is 81.2 Å². The largest absolute Gasteiger partial charge is 0.320 e. The van der Waals surface area contributed by atoms with Gasteiger partial charge >= 0.3 is 0 Å². The van der Waals surface area contributed by atoms with Crippen molar-refractivity contribution in [1.82, 2.24) is 9.36 Å². The van der Waals surface area contributed by atoms with Crippen LogP contribution in [-0.4, -0.2) is 21.0 Å². The van der Waals surface area contributed by atoms with Crippen LogP contribution in [0.4, 0.5) is 5.69 Å². The number of hydrogen-bond acceptors (Lipinski definition) is 3. The molecule has 0 aliphatic rings. The average molecular weight is 416 g/mol. The number of nitrogens with zero attached hydrogens (tertiary/aromatic N) is 2. The van der Waals surface area contributed by atoms with E-state index in [9.17, 15) is 9.59 Å². The standard InChI is InChI=1S/C21H22ClN3O2S/c1-15-20(21(27)25(24(15)2)17-9-4-3-5-10-17)23-19(26)12-13-28-14-16-8-6-7-11-18(16)22/h3-11H,12-14H2,1-2H3,(H,23,26). The molecule has 0 bridgehead atoms. The summed E-state index contributed by atoms with van der Waals surface area (Å²) < 4.78 is 3.30. The van der Waals surface area contributed by atoms with Crippen molar-refractivity contribution in [3.8, 4) is 5.69 Å². The molecule has 7 heteroatoms. The first-order valence-electron chi connectivity index (χ1n) is 8.94. The lowest BCUT2D eigenvalue weighted by molar-refractivity contribution is -0.115. The van der Waals surface area contributed by atoms with Crippen molar-refractivity contribution in [2.45, 2.75) is 19.1 Å². The molecule has 0 spiro atoms. The molecular weight excluding hydrogens is 394 g/mol. The lowest BCUT2D eigenvalue weighted by Gasteiger charge is -2.07. The molecule has 0 saturated heterocycles. The Kier molecular flexibility index (Phi) is 6.65. The Hall–Kier alpha value is -2.44. The van der Waals surface area contributed by atoms with Gasteiger partial charge in [0.15, 0.2) is 0 Å². The molecule has 3 rings (SSSR count). The van der Waals surface area contributed by atoms with Crippen molar-refractivity contribution in [3.63, 3.8) is 0 Å². The Morgan fingerprint density at radius 1 is 1.11 bits per heavy atom. The van der Waals surface area contributed by atoms with Crippen LogP contribution in [-0.2, 0) is 17.6 Å². The van der Waals surface area contributed by atoms with E-state index in [-0.39, 0.29) is 11.5 Å². The van der Waals surface area contributed by atoms with Crippen molar-refractivity contribution in [1.29, 1.82) is 0 Å². The number of nitrogens with one attached hydrogen (secondary N) is 1. The van der Waals surface area contributed by atoms with Gasteiger partial charge in [-0.25, -0.2) is 4.68 Å². The highest BCUT2D eigenvalue weighted by Gasteiger charge is 2.17. The first kappa shape index (κ1) is 20.3. The molecule has 146 valence electrons. The molecule has 5 nitrogen and oxygen atoms in total. The summed E-state index contributed by atoms with van der Waals surface area (Å²) in [6, 6.07) is 17.0. The zero-order valence-electron chi connectivity index (χ0n) is 15.8. The highest BCUT2D eigenvalue weighted by Crippen LogP contribution is 2.21. The van der Waals surface area contributed by atoms with E-state index in [1.807, 2.05) is 61.5 Å². The summed E-state index contributed by atoms with van der Waals surface area (Å²) in [5, 5.41) is 3.52. The Labute approximate surface area is 173 Å². The van der Waals surface area contributed by atoms with E-state index in [1.54, 1.807) is 28.2 Å². The molecule has 0 aliphatic heterocycles. The minimum absolute atomic E-state index is 0.169. The topological polar surface area (TPSA) is 56.0 Å². The molecule has 1 amide bonds. The number of thioether (sulfide) groups is 1. The fraction of sp³-hybridized carbons (Fsp3) is 0.238. The van der Waals surface area contributed by atoms with Gasteiger partial charge in [0.25, 0.3) is 5.56 Å². The maximum Gasteiger partial charge on any atom is 0.295 e. The normalized spacial score (nSPS) is 10.8. The first-order chi connectivity index (χ1) is 13.5. The zero-order valence-corrected chi connectivity index (χ0v) is 17.4. The van der Waals surface area contributed by atoms with E-state index in [0.29, 0.717) is 23.6 Å². The second-order valence-electron chi connectivity index (χ2n) is 6.38. The van der Waals surface area contributed by atoms with Crippen molar-refractivity contribution < 1.29 is 4.79 Å². The molecule has 1 heterocycles. The number of anilines is 1. The lowest BCUT2D eigenvalue weighted by Crippen LogP contribution is -2.23. The highest BCUT2D eigenvalue weighted by molar-refractivity contribution is 7.98. The fourth-order valence-electron chi connectivity index (χ4n) is 2.88. The second kappa shape index (κ2) is 9.17. The van der Waals surface area contributed by atoms with Crippen LogP contribution in [0.5, 0.6) is 0 Å². The summed E-state index contributed by atoms with van der Waals surface area (Å²) in [6.07, 6.45) is 0.328. The molecule has 1 N–H and O–H groups in total. The quantitative estimate of drug-likeness (QED) is 0.582. The van der Waals surface area contributed by atoms with E-state index >= 15 is 0 Å². The number of aromatic nitrogens is 2. The first-order valence-corrected chi connectivity index (χ1v) is 10.5. The predicted molar refractivity (Wildman–Crippen MR) is 117 cm³/mol. The van der Waals surface area contributed by atoms with E-state index in [0.717, 1.165) is 22.0 Å². The van der Waals surface area contributed by atoms with E-state index in [2.05, 4.69) is 5.32 Å². The van der Waals surface area contributed by atoms with Gasteiger partial charge in [0.1, 0.15) is 5.69 Å². The Morgan fingerprint density at radius 3 is 2.50 bits per heavy atom. The highest BCUT2D eigenvalue weighted by atomic mass is 35.5. The molecule has 3 aromatic rings. The molecular formula is C21H22ClN3O2S. The minimum Gasteiger partial charge on any atom is -0.320 e. The third-order valence-corrected chi connectivity index (χ3v) is 5.88. The molecule has 0 unspecified atom stereocenters. The van der Waals surface area contributed by atoms with Crippen molar-refractivity contribution >= 4 is 35.0 Å². The summed E-state index contributed by atoms with van der Waals surface area (Å²) >= 11 is 7.78. The lowest BCUT2D eigenvalue weighted by atomic mass is 10.2. The van der Waals surface area contributed by atoms with Crippen LogP contribution in [0.2, 0.25) is 5.02 Å². The smallest absolute Gasteiger partial charge is 0.295 e. The number of benzene rings is 2. The van der Waals surface area contributed by atoms with Gasteiger partial charge in [-0.1, -0.05) is 48.0 Å². The van der Waals surface area contributed by atoms with Gasteiger partial charge in [-0.15, -0.1) is 0 Å². The number of carbonyl (C=O) groups excluding carboxylic acids is 1. The molecule has 28 heavy (non-hydrogen) atoms. The Balaban J connectivity index is 1.62. The average Bonchev–Trinajstić information content (AvgIpc) is 2.90. The SMILES string of the molecule is Cc1c(NC(=O)CCSCc2ccccc2Cl)c(=O)n(-c2ccccc2)n1C. The van der Waals surface area contributed by atoms with Gasteiger partial charge in [0, 0.05) is 30.0 Å². The van der Waals surface area contributed by atoms with Crippen LogP contribution in [0, 0.1) is 6.92 Å². The van der Waals surface area contributed by atoms with Crippen LogP contribution in [0.1, 0.15) is 17.7 Å². The summed E-state index contributed by atoms with van der Waals surface area (Å²) in [5.41, 5.74) is 2.62. The third kappa shape index (κ3) is 4.51. The summed E-state index contributed by atoms with van der Waals surface area (Å²) in [6.45, 7) is 1.82. The van der Waals surface area contributed by atoms with Gasteiger partial charge in [0.2, 0.25) is 5.91 Å². The van der Waals surface area contributed by atoms with Crippen LogP contribution in [0.25, 0.3) is 5.69 Å². The number of hydrogen-bond donors (Lipinski definition) is 1. The Bertz CT molecular complexity index is 1030. The van der Waals surface area contributed by atoms with Gasteiger partial charge in [0.05, 0.1) is 11.4 Å². The van der Waals surface area contributed by atoms with E-state index in [1.165, 1.54) is 0 Å². The van der Waals surface area contributed by atoms with Gasteiger partial charge in [-0.05, 0) is 30.7 Å². The molecule has 0 fully saturated rings. The molecule has 2 aromatic carbocycles. The van der Waals surface area contributed by atoms with Gasteiger partial charge in [-0.3, -0.25) is 14.3 Å². The molecule has 0 saturated carbocycles. The van der Waals surface area contributed by atoms with Crippen molar-refractivity contribution in [2.75, 3.05) is 11.1 Å². The summed E-state index contributed by atoms with van der Waals surface area (Å²) in [5.74, 6) is 1.23. The molecule has 0 aliphatic carbocycles. The number of para-hydroxylation sites is 1. The number of halogens is 1. The zero-order chi connectivity index (χ0) is 20.1. The van der Waals surface area contributed by atoms with Crippen LogP contribution >= 0.6 is 23.4 Å². The second-order valence-corrected chi connectivity index (χ2v) is 7.89. The molecule has 0 atom stereocenters. The van der Waals surface area contributed by atoms with Gasteiger partial charge in [-0.2, -0.15) is 11.8 Å².